The standard InChI is InChI=1S/C16H11Cl3O4/c1-9(20)10-3-2-4-12(5-10)22-8-15(21)23-16-13(18)6-11(17)7-14(16)19/h2-7H,8H2,1H3. The van der Waals surface area contributed by atoms with Crippen molar-refractivity contribution >= 4 is 46.6 Å². The molecule has 0 bridgehead atoms. The Bertz CT molecular complexity index is 736. The molecule has 0 N–H and O–H groups in total. The Morgan fingerprint density at radius 3 is 2.30 bits per heavy atom. The second-order valence-electron chi connectivity index (χ2n) is 4.55. The Kier molecular flexibility index (Phi) is 5.88. The highest BCUT2D eigenvalue weighted by atomic mass is 35.5. The van der Waals surface area contributed by atoms with Crippen LogP contribution in [0.25, 0.3) is 0 Å². The van der Waals surface area contributed by atoms with Crippen LogP contribution >= 0.6 is 34.8 Å². The van der Waals surface area contributed by atoms with Gasteiger partial charge in [0.05, 0.1) is 10.0 Å². The first kappa shape index (κ1) is 17.6. The average Bonchev–Trinajstić information content (AvgIpc) is 2.49. The van der Waals surface area contributed by atoms with E-state index in [0.29, 0.717) is 16.3 Å². The number of carbonyl (C=O) groups is 2. The fourth-order valence-electron chi connectivity index (χ4n) is 1.72. The Balaban J connectivity index is 2.01. The minimum atomic E-state index is -0.690. The van der Waals surface area contributed by atoms with Gasteiger partial charge in [-0.05, 0) is 31.2 Å². The molecule has 0 aromatic heterocycles. The summed E-state index contributed by atoms with van der Waals surface area (Å²) in [5, 5.41) is 0.570. The number of esters is 1. The van der Waals surface area contributed by atoms with E-state index in [1.54, 1.807) is 18.2 Å². The van der Waals surface area contributed by atoms with Gasteiger partial charge in [-0.3, -0.25) is 4.79 Å². The van der Waals surface area contributed by atoms with Crippen molar-refractivity contribution in [1.82, 2.24) is 0 Å². The summed E-state index contributed by atoms with van der Waals surface area (Å²) in [4.78, 5) is 23.1. The molecule has 0 aliphatic heterocycles. The first-order chi connectivity index (χ1) is 10.9. The van der Waals surface area contributed by atoms with Crippen molar-refractivity contribution < 1.29 is 19.1 Å². The van der Waals surface area contributed by atoms with Crippen molar-refractivity contribution in [2.24, 2.45) is 0 Å². The SMILES string of the molecule is CC(=O)c1cccc(OCC(=O)Oc2c(Cl)cc(Cl)cc2Cl)c1. The van der Waals surface area contributed by atoms with Crippen LogP contribution in [0.1, 0.15) is 17.3 Å². The number of Topliss-reactive ketones (excluding diaryl/α,β-unsaturated/α-hetero) is 1. The fraction of sp³-hybridized carbons (Fsp3) is 0.125. The molecule has 0 unspecified atom stereocenters. The van der Waals surface area contributed by atoms with Gasteiger partial charge in [-0.1, -0.05) is 46.9 Å². The van der Waals surface area contributed by atoms with Crippen molar-refractivity contribution in [1.29, 1.82) is 0 Å². The van der Waals surface area contributed by atoms with Gasteiger partial charge in [0, 0.05) is 10.6 Å². The first-order valence-electron chi connectivity index (χ1n) is 6.46. The largest absolute Gasteiger partial charge is 0.482 e. The van der Waals surface area contributed by atoms with Gasteiger partial charge >= 0.3 is 5.97 Å². The van der Waals surface area contributed by atoms with Crippen LogP contribution in [0.15, 0.2) is 36.4 Å². The summed E-state index contributed by atoms with van der Waals surface area (Å²) in [5.41, 5.74) is 0.486. The summed E-state index contributed by atoms with van der Waals surface area (Å²) < 4.78 is 10.4. The molecule has 0 heterocycles. The van der Waals surface area contributed by atoms with E-state index in [2.05, 4.69) is 0 Å². The molecule has 7 heteroatoms. The summed E-state index contributed by atoms with van der Waals surface area (Å²) in [7, 11) is 0. The molecule has 0 amide bonds. The molecule has 0 aliphatic carbocycles. The molecule has 0 atom stereocenters. The van der Waals surface area contributed by atoms with Crippen molar-refractivity contribution in [2.75, 3.05) is 6.61 Å². The zero-order valence-electron chi connectivity index (χ0n) is 11.9. The minimum Gasteiger partial charge on any atom is -0.482 e. The number of hydrogen-bond donors (Lipinski definition) is 0. The third-order valence-corrected chi connectivity index (χ3v) is 3.56. The number of benzene rings is 2. The molecule has 0 fully saturated rings. The topological polar surface area (TPSA) is 52.6 Å². The van der Waals surface area contributed by atoms with Gasteiger partial charge in [-0.25, -0.2) is 4.79 Å². The molecule has 2 aromatic rings. The molecule has 4 nitrogen and oxygen atoms in total. The van der Waals surface area contributed by atoms with Crippen LogP contribution in [-0.2, 0) is 4.79 Å². The van der Waals surface area contributed by atoms with Crippen molar-refractivity contribution in [3.05, 3.63) is 57.0 Å². The van der Waals surface area contributed by atoms with Gasteiger partial charge in [-0.15, -0.1) is 0 Å². The zero-order chi connectivity index (χ0) is 17.0. The van der Waals surface area contributed by atoms with E-state index in [4.69, 9.17) is 44.3 Å². The summed E-state index contributed by atoms with van der Waals surface area (Å²) >= 11 is 17.6. The molecular formula is C16H11Cl3O4. The Labute approximate surface area is 147 Å². The van der Waals surface area contributed by atoms with Crippen LogP contribution in [0.4, 0.5) is 0 Å². The van der Waals surface area contributed by atoms with E-state index in [9.17, 15) is 9.59 Å². The lowest BCUT2D eigenvalue weighted by molar-refractivity contribution is -0.136. The molecule has 0 saturated heterocycles. The maximum atomic E-state index is 11.8. The fourth-order valence-corrected chi connectivity index (χ4v) is 2.61. The normalized spacial score (nSPS) is 10.3. The van der Waals surface area contributed by atoms with E-state index in [-0.39, 0.29) is 28.2 Å². The summed E-state index contributed by atoms with van der Waals surface area (Å²) in [5.74, 6) is -0.395. The van der Waals surface area contributed by atoms with E-state index < -0.39 is 5.97 Å². The maximum Gasteiger partial charge on any atom is 0.349 e. The van der Waals surface area contributed by atoms with E-state index in [1.807, 2.05) is 0 Å². The summed E-state index contributed by atoms with van der Waals surface area (Å²) in [6, 6.07) is 9.30. The second-order valence-corrected chi connectivity index (χ2v) is 5.80. The van der Waals surface area contributed by atoms with E-state index in [0.717, 1.165) is 0 Å². The minimum absolute atomic E-state index is 0.0174. The number of rotatable bonds is 5. The van der Waals surface area contributed by atoms with Crippen LogP contribution in [0.3, 0.4) is 0 Å². The Morgan fingerprint density at radius 1 is 1.04 bits per heavy atom. The Hall–Kier alpha value is -1.75. The predicted octanol–water partition coefficient (Wildman–Crippen LogP) is 4.83. The highest BCUT2D eigenvalue weighted by molar-refractivity contribution is 6.40. The van der Waals surface area contributed by atoms with E-state index >= 15 is 0 Å². The van der Waals surface area contributed by atoms with Crippen molar-refractivity contribution in [2.45, 2.75) is 6.92 Å². The average molecular weight is 374 g/mol. The Morgan fingerprint density at radius 2 is 1.70 bits per heavy atom. The van der Waals surface area contributed by atoms with Crippen LogP contribution in [0.2, 0.25) is 15.1 Å². The lowest BCUT2D eigenvalue weighted by atomic mass is 10.1. The number of ketones is 1. The van der Waals surface area contributed by atoms with Crippen molar-refractivity contribution in [3.8, 4) is 11.5 Å². The summed E-state index contributed by atoms with van der Waals surface area (Å²) in [6.45, 7) is 1.08. The van der Waals surface area contributed by atoms with Crippen LogP contribution in [0, 0.1) is 0 Å². The van der Waals surface area contributed by atoms with E-state index in [1.165, 1.54) is 25.1 Å². The van der Waals surface area contributed by atoms with Crippen LogP contribution < -0.4 is 9.47 Å². The molecule has 0 aliphatic rings. The molecule has 0 radical (unpaired) electrons. The smallest absolute Gasteiger partial charge is 0.349 e. The van der Waals surface area contributed by atoms with Gasteiger partial charge in [0.1, 0.15) is 5.75 Å². The monoisotopic (exact) mass is 372 g/mol. The third kappa shape index (κ3) is 4.86. The number of ether oxygens (including phenoxy) is 2. The third-order valence-electron chi connectivity index (χ3n) is 2.78. The highest BCUT2D eigenvalue weighted by Gasteiger charge is 2.14. The van der Waals surface area contributed by atoms with Gasteiger partial charge in [0.25, 0.3) is 0 Å². The molecule has 2 rings (SSSR count). The van der Waals surface area contributed by atoms with Gasteiger partial charge < -0.3 is 9.47 Å². The number of hydrogen-bond acceptors (Lipinski definition) is 4. The van der Waals surface area contributed by atoms with Crippen LogP contribution in [-0.4, -0.2) is 18.4 Å². The lowest BCUT2D eigenvalue weighted by Gasteiger charge is -2.10. The van der Waals surface area contributed by atoms with Crippen molar-refractivity contribution in [3.63, 3.8) is 0 Å². The molecule has 0 saturated carbocycles. The van der Waals surface area contributed by atoms with Crippen LogP contribution in [0.5, 0.6) is 11.5 Å². The van der Waals surface area contributed by atoms with Gasteiger partial charge in [0.2, 0.25) is 0 Å². The summed E-state index contributed by atoms with van der Waals surface area (Å²) in [6.07, 6.45) is 0. The molecular weight excluding hydrogens is 363 g/mol. The lowest BCUT2D eigenvalue weighted by Crippen LogP contribution is -2.18. The first-order valence-corrected chi connectivity index (χ1v) is 7.59. The number of carbonyl (C=O) groups excluding carboxylic acids is 2. The maximum absolute atomic E-state index is 11.8. The molecule has 120 valence electrons. The molecule has 0 spiro atoms. The number of halogens is 3. The highest BCUT2D eigenvalue weighted by Crippen LogP contribution is 2.35. The molecule has 2 aromatic carbocycles. The predicted molar refractivity (Wildman–Crippen MR) is 89.0 cm³/mol. The van der Waals surface area contributed by atoms with Gasteiger partial charge in [-0.2, -0.15) is 0 Å². The van der Waals surface area contributed by atoms with Gasteiger partial charge in [0.15, 0.2) is 18.1 Å². The quantitative estimate of drug-likeness (QED) is 0.428. The molecule has 23 heavy (non-hydrogen) atoms. The zero-order valence-corrected chi connectivity index (χ0v) is 14.2. The second kappa shape index (κ2) is 7.68.